The summed E-state index contributed by atoms with van der Waals surface area (Å²) in [5.74, 6) is -1.28. The summed E-state index contributed by atoms with van der Waals surface area (Å²) in [7, 11) is 0. The highest BCUT2D eigenvalue weighted by molar-refractivity contribution is 6.34. The van der Waals surface area contributed by atoms with Gasteiger partial charge in [-0.25, -0.2) is 4.39 Å². The van der Waals surface area contributed by atoms with E-state index in [1.807, 2.05) is 0 Å². The molecule has 0 saturated heterocycles. The van der Waals surface area contributed by atoms with Gasteiger partial charge in [0.1, 0.15) is 5.82 Å². The van der Waals surface area contributed by atoms with Crippen molar-refractivity contribution >= 4 is 17.4 Å². The van der Waals surface area contributed by atoms with E-state index in [1.165, 1.54) is 6.07 Å². The molecule has 6 heteroatoms. The van der Waals surface area contributed by atoms with Gasteiger partial charge in [0.25, 0.3) is 0 Å². The van der Waals surface area contributed by atoms with Crippen LogP contribution in [0.25, 0.3) is 0 Å². The summed E-state index contributed by atoms with van der Waals surface area (Å²) in [5.41, 5.74) is -0.948. The predicted octanol–water partition coefficient (Wildman–Crippen LogP) is 4.73. The molecule has 0 radical (unpaired) electrons. The molecule has 2 aromatic rings. The third-order valence-corrected chi connectivity index (χ3v) is 2.98. The number of rotatable bonds is 2. The zero-order valence-corrected chi connectivity index (χ0v) is 10.6. The molecule has 0 N–H and O–H groups in total. The molecule has 0 bridgehead atoms. The third kappa shape index (κ3) is 2.99. The Bertz CT molecular complexity index is 647. The van der Waals surface area contributed by atoms with Gasteiger partial charge in [-0.3, -0.25) is 4.79 Å². The molecule has 0 aliphatic rings. The Hall–Kier alpha value is -1.88. The summed E-state index contributed by atoms with van der Waals surface area (Å²) in [6.07, 6.45) is -4.47. The summed E-state index contributed by atoms with van der Waals surface area (Å²) in [6.45, 7) is 0. The van der Waals surface area contributed by atoms with Gasteiger partial charge in [0.05, 0.1) is 10.6 Å². The molecule has 20 heavy (non-hydrogen) atoms. The first kappa shape index (κ1) is 14.5. The van der Waals surface area contributed by atoms with Gasteiger partial charge in [-0.2, -0.15) is 13.2 Å². The first-order chi connectivity index (χ1) is 9.29. The molecule has 1 nitrogen and oxygen atoms in total. The van der Waals surface area contributed by atoms with Gasteiger partial charge in [-0.05, 0) is 30.3 Å². The highest BCUT2D eigenvalue weighted by Crippen LogP contribution is 2.29. The smallest absolute Gasteiger partial charge is 0.289 e. The molecular weight excluding hydrogens is 296 g/mol. The van der Waals surface area contributed by atoms with Crippen LogP contribution in [-0.4, -0.2) is 5.78 Å². The molecule has 0 aliphatic carbocycles. The Morgan fingerprint density at radius 1 is 1.00 bits per heavy atom. The third-order valence-electron chi connectivity index (χ3n) is 2.65. The number of halogens is 5. The van der Waals surface area contributed by atoms with Gasteiger partial charge >= 0.3 is 6.18 Å². The van der Waals surface area contributed by atoms with Gasteiger partial charge in [0, 0.05) is 11.1 Å². The monoisotopic (exact) mass is 302 g/mol. The number of ketones is 1. The van der Waals surface area contributed by atoms with E-state index >= 15 is 0 Å². The second-order valence-electron chi connectivity index (χ2n) is 4.03. The minimum atomic E-state index is -4.47. The van der Waals surface area contributed by atoms with Crippen molar-refractivity contribution in [3.63, 3.8) is 0 Å². The molecular formula is C14H7ClF4O. The summed E-state index contributed by atoms with van der Waals surface area (Å²) in [4.78, 5) is 12.0. The average Bonchev–Trinajstić information content (AvgIpc) is 2.40. The van der Waals surface area contributed by atoms with Crippen molar-refractivity contribution in [2.24, 2.45) is 0 Å². The second-order valence-corrected chi connectivity index (χ2v) is 4.44. The molecule has 0 atom stereocenters. The molecule has 104 valence electrons. The van der Waals surface area contributed by atoms with Crippen molar-refractivity contribution in [1.29, 1.82) is 0 Å². The van der Waals surface area contributed by atoms with E-state index in [2.05, 4.69) is 0 Å². The van der Waals surface area contributed by atoms with Crippen molar-refractivity contribution < 1.29 is 22.4 Å². The summed E-state index contributed by atoms with van der Waals surface area (Å²) in [5, 5.41) is 0.0382. The number of alkyl halides is 3. The molecule has 0 unspecified atom stereocenters. The molecule has 2 aromatic carbocycles. The maximum Gasteiger partial charge on any atom is 0.416 e. The number of hydrogen-bond acceptors (Lipinski definition) is 1. The van der Waals surface area contributed by atoms with Crippen LogP contribution in [0.2, 0.25) is 5.02 Å². The van der Waals surface area contributed by atoms with Crippen LogP contribution in [0, 0.1) is 5.82 Å². The van der Waals surface area contributed by atoms with Gasteiger partial charge in [-0.15, -0.1) is 0 Å². The van der Waals surface area contributed by atoms with E-state index < -0.39 is 23.3 Å². The van der Waals surface area contributed by atoms with Crippen LogP contribution in [0.5, 0.6) is 0 Å². The lowest BCUT2D eigenvalue weighted by Gasteiger charge is -2.08. The quantitative estimate of drug-likeness (QED) is 0.579. The van der Waals surface area contributed by atoms with Crippen LogP contribution in [0.3, 0.4) is 0 Å². The molecule has 0 aromatic heterocycles. The first-order valence-electron chi connectivity index (χ1n) is 5.46. The lowest BCUT2D eigenvalue weighted by Crippen LogP contribution is -2.07. The molecule has 0 amide bonds. The fraction of sp³-hybridized carbons (Fsp3) is 0.0714. The lowest BCUT2D eigenvalue weighted by atomic mass is 10.0. The van der Waals surface area contributed by atoms with Crippen LogP contribution in [0.4, 0.5) is 17.6 Å². The van der Waals surface area contributed by atoms with Gasteiger partial charge < -0.3 is 0 Å². The fourth-order valence-corrected chi connectivity index (χ4v) is 1.84. The maximum absolute atomic E-state index is 13.1. The molecule has 2 rings (SSSR count). The molecule has 0 heterocycles. The maximum atomic E-state index is 13.1. The lowest BCUT2D eigenvalue weighted by molar-refractivity contribution is -0.137. The van der Waals surface area contributed by atoms with E-state index in [1.54, 1.807) is 0 Å². The van der Waals surface area contributed by atoms with Crippen molar-refractivity contribution in [1.82, 2.24) is 0 Å². The molecule has 0 fully saturated rings. The van der Waals surface area contributed by atoms with Crippen molar-refractivity contribution in [3.05, 3.63) is 70.0 Å². The minimum absolute atomic E-state index is 0.00509. The van der Waals surface area contributed by atoms with Crippen LogP contribution >= 0.6 is 11.6 Å². The van der Waals surface area contributed by atoms with E-state index in [9.17, 15) is 22.4 Å². The standard InChI is InChI=1S/C14H7ClF4O/c15-12-6-5-10(16)7-11(12)13(20)8-1-3-9(4-2-8)14(17,18)19/h1-7H. The zero-order valence-electron chi connectivity index (χ0n) is 9.84. The van der Waals surface area contributed by atoms with Gasteiger partial charge in [0.2, 0.25) is 0 Å². The number of benzene rings is 2. The van der Waals surface area contributed by atoms with Crippen LogP contribution in [-0.2, 0) is 6.18 Å². The largest absolute Gasteiger partial charge is 0.416 e. The molecule has 0 aliphatic heterocycles. The highest BCUT2D eigenvalue weighted by Gasteiger charge is 2.30. The summed E-state index contributed by atoms with van der Waals surface area (Å²) in [6, 6.07) is 6.90. The van der Waals surface area contributed by atoms with E-state index in [0.717, 1.165) is 36.4 Å². The Kier molecular flexibility index (Phi) is 3.81. The first-order valence-corrected chi connectivity index (χ1v) is 5.84. The predicted molar refractivity (Wildman–Crippen MR) is 66.3 cm³/mol. The topological polar surface area (TPSA) is 17.1 Å². The fourth-order valence-electron chi connectivity index (χ4n) is 1.64. The minimum Gasteiger partial charge on any atom is -0.289 e. The second kappa shape index (κ2) is 5.25. The van der Waals surface area contributed by atoms with Crippen LogP contribution < -0.4 is 0 Å². The van der Waals surface area contributed by atoms with Crippen LogP contribution in [0.1, 0.15) is 21.5 Å². The van der Waals surface area contributed by atoms with Crippen LogP contribution in [0.15, 0.2) is 42.5 Å². The van der Waals surface area contributed by atoms with Gasteiger partial charge in [-0.1, -0.05) is 23.7 Å². The summed E-state index contributed by atoms with van der Waals surface area (Å²) >= 11 is 5.78. The average molecular weight is 303 g/mol. The zero-order chi connectivity index (χ0) is 14.9. The van der Waals surface area contributed by atoms with E-state index in [4.69, 9.17) is 11.6 Å². The SMILES string of the molecule is O=C(c1ccc(C(F)(F)F)cc1)c1cc(F)ccc1Cl. The van der Waals surface area contributed by atoms with Gasteiger partial charge in [0.15, 0.2) is 5.78 Å². The number of hydrogen-bond donors (Lipinski definition) is 0. The van der Waals surface area contributed by atoms with E-state index in [0.29, 0.717) is 0 Å². The highest BCUT2D eigenvalue weighted by atomic mass is 35.5. The summed E-state index contributed by atoms with van der Waals surface area (Å²) < 4.78 is 50.3. The molecule has 0 spiro atoms. The Morgan fingerprint density at radius 3 is 2.15 bits per heavy atom. The normalized spacial score (nSPS) is 11.4. The van der Waals surface area contributed by atoms with Crippen molar-refractivity contribution in [2.45, 2.75) is 6.18 Å². The van der Waals surface area contributed by atoms with Crippen molar-refractivity contribution in [3.8, 4) is 0 Å². The molecule has 0 saturated carbocycles. The Balaban J connectivity index is 2.37. The Morgan fingerprint density at radius 2 is 1.60 bits per heavy atom. The van der Waals surface area contributed by atoms with Crippen molar-refractivity contribution in [2.75, 3.05) is 0 Å². The number of carbonyl (C=O) groups excluding carboxylic acids is 1. The van der Waals surface area contributed by atoms with E-state index in [-0.39, 0.29) is 16.1 Å². The Labute approximate surface area is 116 Å². The number of carbonyl (C=O) groups is 1.